The lowest BCUT2D eigenvalue weighted by Gasteiger charge is -2.20. The van der Waals surface area contributed by atoms with Gasteiger partial charge in [-0.2, -0.15) is 0 Å². The van der Waals surface area contributed by atoms with E-state index < -0.39 is 0 Å². The smallest absolute Gasteiger partial charge is 0.0450 e. The number of nitrogens with zero attached hydrogens (tertiary/aromatic N) is 1. The second-order valence-electron chi connectivity index (χ2n) is 4.48. The maximum Gasteiger partial charge on any atom is 0.0450 e. The molecule has 2 unspecified atom stereocenters. The fraction of sp³-hybridized carbons (Fsp3) is 0.267. The predicted molar refractivity (Wildman–Crippen MR) is 70.8 cm³/mol. The zero-order valence-corrected chi connectivity index (χ0v) is 10.3. The van der Waals surface area contributed by atoms with E-state index in [2.05, 4.69) is 43.1 Å². The standard InChI is InChI=1S/C15H18N2/c1-11-6-5-7-13(10-11)15(16)12(2)14-8-3-4-9-17-14/h3-10,12,15H,16H2,1-2H3. The number of nitrogens with two attached hydrogens (primary N) is 1. The normalized spacial score (nSPS) is 14.3. The average Bonchev–Trinajstić information content (AvgIpc) is 2.38. The van der Waals surface area contributed by atoms with Gasteiger partial charge < -0.3 is 5.73 Å². The van der Waals surface area contributed by atoms with Crippen LogP contribution in [0.4, 0.5) is 0 Å². The third-order valence-corrected chi connectivity index (χ3v) is 3.12. The summed E-state index contributed by atoms with van der Waals surface area (Å²) in [7, 11) is 0. The molecule has 2 aromatic rings. The quantitative estimate of drug-likeness (QED) is 0.873. The zero-order chi connectivity index (χ0) is 12.3. The third-order valence-electron chi connectivity index (χ3n) is 3.12. The van der Waals surface area contributed by atoms with Crippen LogP contribution in [0.3, 0.4) is 0 Å². The molecular weight excluding hydrogens is 208 g/mol. The van der Waals surface area contributed by atoms with Crippen molar-refractivity contribution in [2.45, 2.75) is 25.8 Å². The van der Waals surface area contributed by atoms with Crippen molar-refractivity contribution in [3.63, 3.8) is 0 Å². The Hall–Kier alpha value is -1.67. The highest BCUT2D eigenvalue weighted by Gasteiger charge is 2.17. The van der Waals surface area contributed by atoms with Gasteiger partial charge in [-0.05, 0) is 24.6 Å². The molecule has 0 aliphatic heterocycles. The van der Waals surface area contributed by atoms with Crippen LogP contribution in [0.15, 0.2) is 48.7 Å². The van der Waals surface area contributed by atoms with Crippen LogP contribution in [0.25, 0.3) is 0 Å². The van der Waals surface area contributed by atoms with Crippen LogP contribution in [-0.2, 0) is 0 Å². The lowest BCUT2D eigenvalue weighted by atomic mass is 9.91. The fourth-order valence-corrected chi connectivity index (χ4v) is 2.00. The zero-order valence-electron chi connectivity index (χ0n) is 10.3. The maximum atomic E-state index is 6.30. The summed E-state index contributed by atoms with van der Waals surface area (Å²) in [5, 5.41) is 0. The van der Waals surface area contributed by atoms with Crippen molar-refractivity contribution >= 4 is 0 Å². The molecule has 0 aliphatic rings. The van der Waals surface area contributed by atoms with E-state index in [4.69, 9.17) is 5.73 Å². The Labute approximate surface area is 103 Å². The Balaban J connectivity index is 2.23. The molecule has 0 saturated heterocycles. The lowest BCUT2D eigenvalue weighted by Crippen LogP contribution is -2.18. The van der Waals surface area contributed by atoms with Gasteiger partial charge in [-0.3, -0.25) is 4.98 Å². The first-order valence-electron chi connectivity index (χ1n) is 5.91. The topological polar surface area (TPSA) is 38.9 Å². The van der Waals surface area contributed by atoms with Crippen LogP contribution in [0, 0.1) is 6.92 Å². The third kappa shape index (κ3) is 2.71. The summed E-state index contributed by atoms with van der Waals surface area (Å²) in [6, 6.07) is 14.3. The molecule has 0 fully saturated rings. The van der Waals surface area contributed by atoms with Crippen molar-refractivity contribution in [1.82, 2.24) is 4.98 Å². The minimum Gasteiger partial charge on any atom is -0.323 e. The van der Waals surface area contributed by atoms with Crippen molar-refractivity contribution in [1.29, 1.82) is 0 Å². The van der Waals surface area contributed by atoms with Gasteiger partial charge in [-0.25, -0.2) is 0 Å². The first-order chi connectivity index (χ1) is 8.18. The Morgan fingerprint density at radius 2 is 1.94 bits per heavy atom. The van der Waals surface area contributed by atoms with Crippen LogP contribution in [0.5, 0.6) is 0 Å². The first-order valence-corrected chi connectivity index (χ1v) is 5.91. The molecule has 1 heterocycles. The SMILES string of the molecule is Cc1cccc(C(N)C(C)c2ccccn2)c1. The summed E-state index contributed by atoms with van der Waals surface area (Å²) in [4.78, 5) is 4.37. The highest BCUT2D eigenvalue weighted by atomic mass is 14.7. The summed E-state index contributed by atoms with van der Waals surface area (Å²) in [6.45, 7) is 4.21. The minimum atomic E-state index is -0.00944. The minimum absolute atomic E-state index is 0.00944. The molecule has 2 N–H and O–H groups in total. The molecule has 17 heavy (non-hydrogen) atoms. The first kappa shape index (κ1) is 11.8. The van der Waals surface area contributed by atoms with Gasteiger partial charge in [0.05, 0.1) is 0 Å². The van der Waals surface area contributed by atoms with Crippen LogP contribution in [0.1, 0.15) is 35.7 Å². The number of rotatable bonds is 3. The predicted octanol–water partition coefficient (Wildman–Crippen LogP) is 3.19. The van der Waals surface area contributed by atoms with Gasteiger partial charge >= 0.3 is 0 Å². The second kappa shape index (κ2) is 5.11. The molecule has 1 aromatic carbocycles. The van der Waals surface area contributed by atoms with Crippen LogP contribution in [-0.4, -0.2) is 4.98 Å². The average molecular weight is 226 g/mol. The van der Waals surface area contributed by atoms with E-state index in [1.54, 1.807) is 0 Å². The summed E-state index contributed by atoms with van der Waals surface area (Å²) in [6.07, 6.45) is 1.81. The molecule has 2 rings (SSSR count). The van der Waals surface area contributed by atoms with Crippen molar-refractivity contribution in [2.24, 2.45) is 5.73 Å². The molecule has 0 aliphatic carbocycles. The molecule has 88 valence electrons. The van der Waals surface area contributed by atoms with Crippen molar-refractivity contribution in [3.8, 4) is 0 Å². The van der Waals surface area contributed by atoms with Gasteiger partial charge in [0.2, 0.25) is 0 Å². The van der Waals surface area contributed by atoms with Gasteiger partial charge in [-0.1, -0.05) is 42.8 Å². The summed E-state index contributed by atoms with van der Waals surface area (Å²) < 4.78 is 0. The van der Waals surface area contributed by atoms with E-state index in [1.165, 1.54) is 11.1 Å². The molecule has 2 atom stereocenters. The van der Waals surface area contributed by atoms with Gasteiger partial charge in [0.1, 0.15) is 0 Å². The monoisotopic (exact) mass is 226 g/mol. The highest BCUT2D eigenvalue weighted by molar-refractivity contribution is 5.27. The van der Waals surface area contributed by atoms with E-state index in [0.717, 1.165) is 5.69 Å². The van der Waals surface area contributed by atoms with Gasteiger partial charge in [0, 0.05) is 23.9 Å². The molecule has 0 saturated carbocycles. The lowest BCUT2D eigenvalue weighted by molar-refractivity contribution is 0.583. The van der Waals surface area contributed by atoms with Gasteiger partial charge in [0.15, 0.2) is 0 Å². The summed E-state index contributed by atoms with van der Waals surface area (Å²) in [5.41, 5.74) is 9.75. The van der Waals surface area contributed by atoms with E-state index in [1.807, 2.05) is 24.4 Å². The van der Waals surface area contributed by atoms with Crippen molar-refractivity contribution in [2.75, 3.05) is 0 Å². The van der Waals surface area contributed by atoms with Gasteiger partial charge in [-0.15, -0.1) is 0 Å². The number of benzene rings is 1. The Kier molecular flexibility index (Phi) is 3.55. The molecule has 0 radical (unpaired) electrons. The molecular formula is C15H18N2. The number of aromatic nitrogens is 1. The van der Waals surface area contributed by atoms with Gasteiger partial charge in [0.25, 0.3) is 0 Å². The Morgan fingerprint density at radius 3 is 2.59 bits per heavy atom. The number of hydrogen-bond acceptors (Lipinski definition) is 2. The van der Waals surface area contributed by atoms with Crippen LogP contribution in [0.2, 0.25) is 0 Å². The molecule has 0 bridgehead atoms. The number of hydrogen-bond donors (Lipinski definition) is 1. The van der Waals surface area contributed by atoms with Crippen LogP contribution >= 0.6 is 0 Å². The Morgan fingerprint density at radius 1 is 1.12 bits per heavy atom. The second-order valence-corrected chi connectivity index (χ2v) is 4.48. The fourth-order valence-electron chi connectivity index (χ4n) is 2.00. The van der Waals surface area contributed by atoms with E-state index in [9.17, 15) is 0 Å². The van der Waals surface area contributed by atoms with E-state index >= 15 is 0 Å². The van der Waals surface area contributed by atoms with Crippen LogP contribution < -0.4 is 5.73 Å². The molecule has 0 amide bonds. The number of pyridine rings is 1. The summed E-state index contributed by atoms with van der Waals surface area (Å²) >= 11 is 0. The molecule has 2 nitrogen and oxygen atoms in total. The van der Waals surface area contributed by atoms with Crippen molar-refractivity contribution < 1.29 is 0 Å². The Bertz CT molecular complexity index is 479. The van der Waals surface area contributed by atoms with E-state index in [0.29, 0.717) is 0 Å². The molecule has 2 heteroatoms. The van der Waals surface area contributed by atoms with E-state index in [-0.39, 0.29) is 12.0 Å². The maximum absolute atomic E-state index is 6.30. The molecule has 1 aromatic heterocycles. The molecule has 0 spiro atoms. The highest BCUT2D eigenvalue weighted by Crippen LogP contribution is 2.27. The largest absolute Gasteiger partial charge is 0.323 e. The summed E-state index contributed by atoms with van der Waals surface area (Å²) in [5.74, 6) is 0.220. The van der Waals surface area contributed by atoms with Crippen molar-refractivity contribution in [3.05, 3.63) is 65.5 Å². The number of aryl methyl sites for hydroxylation is 1.